The van der Waals surface area contributed by atoms with E-state index in [2.05, 4.69) is 20.9 Å². The van der Waals surface area contributed by atoms with E-state index in [1.165, 1.54) is 24.3 Å². The van der Waals surface area contributed by atoms with Gasteiger partial charge in [0.2, 0.25) is 0 Å². The first-order valence-corrected chi connectivity index (χ1v) is 11.2. The molecule has 0 spiro atoms. The number of halogens is 1. The molecule has 1 atom stereocenters. The van der Waals surface area contributed by atoms with Crippen LogP contribution in [0.4, 0.5) is 10.1 Å². The summed E-state index contributed by atoms with van der Waals surface area (Å²) < 4.78 is 21.1. The Morgan fingerprint density at radius 3 is 2.57 bits per heavy atom. The molecule has 2 aromatic heterocycles. The van der Waals surface area contributed by atoms with Crippen LogP contribution in [0.15, 0.2) is 83.4 Å². The van der Waals surface area contributed by atoms with Crippen LogP contribution in [0.1, 0.15) is 39.2 Å². The molecule has 0 saturated heterocycles. The molecular weight excluding hydrogens is 451 g/mol. The van der Waals surface area contributed by atoms with Gasteiger partial charge in [0.05, 0.1) is 17.5 Å². The summed E-state index contributed by atoms with van der Waals surface area (Å²) in [5.74, 6) is 0.172. The maximum atomic E-state index is 13.1. The van der Waals surface area contributed by atoms with Crippen LogP contribution < -0.4 is 5.32 Å². The van der Waals surface area contributed by atoms with Crippen molar-refractivity contribution in [3.05, 3.63) is 123 Å². The lowest BCUT2D eigenvalue weighted by Gasteiger charge is -2.36. The lowest BCUT2D eigenvalue weighted by atomic mass is 9.99. The lowest BCUT2D eigenvalue weighted by molar-refractivity contribution is -0.384. The number of nitro benzene ring substituents is 1. The molecule has 35 heavy (non-hydrogen) atoms. The normalized spacial score (nSPS) is 15.5. The molecular formula is C26H23FN4O4. The van der Waals surface area contributed by atoms with Gasteiger partial charge >= 0.3 is 0 Å². The minimum atomic E-state index is -0.406. The summed E-state index contributed by atoms with van der Waals surface area (Å²) in [6, 6.07) is 19.9. The van der Waals surface area contributed by atoms with Crippen LogP contribution in [0.5, 0.6) is 0 Å². The van der Waals surface area contributed by atoms with Crippen molar-refractivity contribution in [2.24, 2.45) is 0 Å². The molecule has 1 unspecified atom stereocenters. The first-order chi connectivity index (χ1) is 17.0. The zero-order valence-corrected chi connectivity index (χ0v) is 18.8. The van der Waals surface area contributed by atoms with Crippen LogP contribution in [0.25, 0.3) is 0 Å². The largest absolute Gasteiger partial charge is 0.455 e. The number of carbonyl (C=O) groups excluding carboxylic acids is 1. The van der Waals surface area contributed by atoms with Gasteiger partial charge in [-0.25, -0.2) is 4.39 Å². The minimum Gasteiger partial charge on any atom is -0.455 e. The van der Waals surface area contributed by atoms with Gasteiger partial charge in [0, 0.05) is 43.7 Å². The molecule has 1 amide bonds. The topological polar surface area (TPSA) is 93.5 Å². The Hall–Kier alpha value is -4.24. The number of aromatic nitrogens is 1. The standard InChI is InChI=1S/C26H23FN4O4/c27-20-7-3-18(4-8-20)16-28-26(32)24-12-11-22(35-24)17-30-15-14-29-13-1-2-23(29)25(30)19-5-9-21(10-6-19)31(33)34/h1-13,25H,14-17H2,(H,28,32). The maximum Gasteiger partial charge on any atom is 0.287 e. The molecule has 4 aromatic rings. The highest BCUT2D eigenvalue weighted by atomic mass is 19.1. The zero-order chi connectivity index (χ0) is 24.4. The van der Waals surface area contributed by atoms with Gasteiger partial charge in [-0.1, -0.05) is 24.3 Å². The molecule has 178 valence electrons. The van der Waals surface area contributed by atoms with Crippen LogP contribution in [-0.4, -0.2) is 26.8 Å². The summed E-state index contributed by atoms with van der Waals surface area (Å²) in [7, 11) is 0. The van der Waals surface area contributed by atoms with Gasteiger partial charge < -0.3 is 14.3 Å². The molecule has 0 radical (unpaired) electrons. The molecule has 1 aliphatic rings. The van der Waals surface area contributed by atoms with Gasteiger partial charge in [-0.05, 0) is 47.5 Å². The SMILES string of the molecule is O=C(NCc1ccc(F)cc1)c1ccc(CN2CCn3cccc3C2c2ccc([N+](=O)[O-])cc2)o1. The number of hydrogen-bond acceptors (Lipinski definition) is 5. The van der Waals surface area contributed by atoms with Gasteiger partial charge in [0.1, 0.15) is 11.6 Å². The van der Waals surface area contributed by atoms with E-state index in [0.717, 1.165) is 29.9 Å². The molecule has 0 saturated carbocycles. The first-order valence-electron chi connectivity index (χ1n) is 11.2. The lowest BCUT2D eigenvalue weighted by Crippen LogP contribution is -2.37. The second kappa shape index (κ2) is 9.55. The number of nitrogens with one attached hydrogen (secondary N) is 1. The van der Waals surface area contributed by atoms with Crippen molar-refractivity contribution >= 4 is 11.6 Å². The number of rotatable bonds is 7. The molecule has 5 rings (SSSR count). The highest BCUT2D eigenvalue weighted by Crippen LogP contribution is 2.34. The molecule has 9 heteroatoms. The van der Waals surface area contributed by atoms with Crippen molar-refractivity contribution in [1.29, 1.82) is 0 Å². The summed E-state index contributed by atoms with van der Waals surface area (Å²) >= 11 is 0. The average Bonchev–Trinajstić information content (AvgIpc) is 3.53. The van der Waals surface area contributed by atoms with E-state index in [0.29, 0.717) is 12.3 Å². The number of hydrogen-bond donors (Lipinski definition) is 1. The van der Waals surface area contributed by atoms with E-state index >= 15 is 0 Å². The van der Waals surface area contributed by atoms with Crippen molar-refractivity contribution < 1.29 is 18.5 Å². The first kappa shape index (κ1) is 22.5. The minimum absolute atomic E-state index is 0.0498. The van der Waals surface area contributed by atoms with E-state index < -0.39 is 4.92 Å². The van der Waals surface area contributed by atoms with Crippen LogP contribution in [-0.2, 0) is 19.6 Å². The van der Waals surface area contributed by atoms with Gasteiger partial charge in [0.15, 0.2) is 5.76 Å². The fourth-order valence-corrected chi connectivity index (χ4v) is 4.42. The van der Waals surface area contributed by atoms with Crippen molar-refractivity contribution in [2.45, 2.75) is 25.7 Å². The number of carbonyl (C=O) groups is 1. The predicted molar refractivity (Wildman–Crippen MR) is 126 cm³/mol. The van der Waals surface area contributed by atoms with E-state index in [1.807, 2.05) is 12.3 Å². The van der Waals surface area contributed by atoms with Crippen molar-refractivity contribution in [1.82, 2.24) is 14.8 Å². The monoisotopic (exact) mass is 474 g/mol. The third kappa shape index (κ3) is 4.85. The molecule has 0 aliphatic carbocycles. The summed E-state index contributed by atoms with van der Waals surface area (Å²) in [6.07, 6.45) is 2.03. The van der Waals surface area contributed by atoms with E-state index in [9.17, 15) is 19.3 Å². The molecule has 0 fully saturated rings. The van der Waals surface area contributed by atoms with Crippen molar-refractivity contribution in [3.63, 3.8) is 0 Å². The van der Waals surface area contributed by atoms with E-state index in [-0.39, 0.29) is 35.8 Å². The van der Waals surface area contributed by atoms with Gasteiger partial charge in [-0.2, -0.15) is 0 Å². The number of nitrogens with zero attached hydrogens (tertiary/aromatic N) is 3. The Kier molecular flexibility index (Phi) is 6.15. The number of furan rings is 1. The second-order valence-corrected chi connectivity index (χ2v) is 8.42. The predicted octanol–water partition coefficient (Wildman–Crippen LogP) is 4.66. The molecule has 0 bridgehead atoms. The molecule has 2 aromatic carbocycles. The third-order valence-corrected chi connectivity index (χ3v) is 6.17. The highest BCUT2D eigenvalue weighted by molar-refractivity contribution is 5.91. The Bertz CT molecular complexity index is 1340. The van der Waals surface area contributed by atoms with Gasteiger partial charge in [0.25, 0.3) is 11.6 Å². The van der Waals surface area contributed by atoms with Crippen molar-refractivity contribution in [2.75, 3.05) is 6.54 Å². The molecule has 1 N–H and O–H groups in total. The second-order valence-electron chi connectivity index (χ2n) is 8.42. The Labute approximate surface area is 200 Å². The molecule has 8 nitrogen and oxygen atoms in total. The highest BCUT2D eigenvalue weighted by Gasteiger charge is 2.30. The Morgan fingerprint density at radius 2 is 1.83 bits per heavy atom. The van der Waals surface area contributed by atoms with Crippen molar-refractivity contribution in [3.8, 4) is 0 Å². The smallest absolute Gasteiger partial charge is 0.287 e. The summed E-state index contributed by atoms with van der Waals surface area (Å²) in [4.78, 5) is 25.4. The fraction of sp³-hybridized carbons (Fsp3) is 0.192. The summed E-state index contributed by atoms with van der Waals surface area (Å²) in [5.41, 5.74) is 2.87. The Balaban J connectivity index is 1.31. The van der Waals surface area contributed by atoms with Crippen LogP contribution in [0.3, 0.4) is 0 Å². The van der Waals surface area contributed by atoms with Crippen LogP contribution in [0.2, 0.25) is 0 Å². The number of non-ortho nitro benzene ring substituents is 1. The number of fused-ring (bicyclic) bond motifs is 1. The van der Waals surface area contributed by atoms with Gasteiger partial charge in [-0.3, -0.25) is 19.8 Å². The van der Waals surface area contributed by atoms with Crippen LogP contribution >= 0.6 is 0 Å². The number of benzene rings is 2. The molecule has 3 heterocycles. The van der Waals surface area contributed by atoms with Crippen LogP contribution in [0, 0.1) is 15.9 Å². The van der Waals surface area contributed by atoms with Gasteiger partial charge in [-0.15, -0.1) is 0 Å². The van der Waals surface area contributed by atoms with E-state index in [1.54, 1.807) is 36.4 Å². The summed E-state index contributed by atoms with van der Waals surface area (Å²) in [5, 5.41) is 13.9. The number of nitro groups is 1. The van der Waals surface area contributed by atoms with E-state index in [4.69, 9.17) is 4.42 Å². The average molecular weight is 474 g/mol. The molecule has 1 aliphatic heterocycles. The zero-order valence-electron chi connectivity index (χ0n) is 18.8. The maximum absolute atomic E-state index is 13.1. The Morgan fingerprint density at radius 1 is 1.06 bits per heavy atom. The summed E-state index contributed by atoms with van der Waals surface area (Å²) in [6.45, 7) is 2.28. The number of amides is 1. The third-order valence-electron chi connectivity index (χ3n) is 6.17. The quantitative estimate of drug-likeness (QED) is 0.311. The fourth-order valence-electron chi connectivity index (χ4n) is 4.42.